The fraction of sp³-hybridized carbons (Fsp3) is 0.200. The van der Waals surface area contributed by atoms with Gasteiger partial charge < -0.3 is 10.2 Å². The molecule has 1 heterocycles. The second-order valence-corrected chi connectivity index (χ2v) is 9.02. The maximum absolute atomic E-state index is 12.8. The van der Waals surface area contributed by atoms with E-state index in [1.165, 1.54) is 0 Å². The number of anilines is 1. The number of benzene rings is 3. The fourth-order valence-electron chi connectivity index (χ4n) is 4.10. The zero-order valence-corrected chi connectivity index (χ0v) is 19.3. The number of amides is 1. The van der Waals surface area contributed by atoms with Gasteiger partial charge in [-0.15, -0.1) is 0 Å². The molecule has 1 saturated heterocycles. The largest absolute Gasteiger partial charge is 0.363 e. The van der Waals surface area contributed by atoms with Gasteiger partial charge in [-0.1, -0.05) is 53.0 Å². The second kappa shape index (κ2) is 9.83. The van der Waals surface area contributed by atoms with Crippen molar-refractivity contribution in [1.82, 2.24) is 5.32 Å². The first-order valence-electron chi connectivity index (χ1n) is 10.2. The zero-order chi connectivity index (χ0) is 22.7. The monoisotopic (exact) mass is 483 g/mol. The van der Waals surface area contributed by atoms with E-state index in [4.69, 9.17) is 40.1 Å². The summed E-state index contributed by atoms with van der Waals surface area (Å²) in [7, 11) is 0. The number of rotatable bonds is 4. The first kappa shape index (κ1) is 22.5. The van der Waals surface area contributed by atoms with Crippen LogP contribution in [-0.2, 0) is 0 Å². The van der Waals surface area contributed by atoms with Crippen LogP contribution in [0.5, 0.6) is 0 Å². The summed E-state index contributed by atoms with van der Waals surface area (Å²) in [5, 5.41) is 14.1. The molecule has 0 aromatic heterocycles. The van der Waals surface area contributed by atoms with E-state index >= 15 is 0 Å². The van der Waals surface area contributed by atoms with E-state index in [1.807, 2.05) is 36.4 Å². The Labute approximate surface area is 202 Å². The van der Waals surface area contributed by atoms with Crippen LogP contribution in [0.2, 0.25) is 15.1 Å². The SMILES string of the molecule is N#Cc1cccc(C(=O)NC2CCN(c3ccc(Cl)cc3Cl)C(c3ccc(Cl)cc3)C2)c1. The van der Waals surface area contributed by atoms with Crippen LogP contribution >= 0.6 is 34.8 Å². The third-order valence-corrected chi connectivity index (χ3v) is 6.46. The molecule has 0 bridgehead atoms. The maximum atomic E-state index is 12.8. The molecule has 0 aliphatic carbocycles. The molecule has 2 unspecified atom stereocenters. The van der Waals surface area contributed by atoms with Crippen LogP contribution in [-0.4, -0.2) is 18.5 Å². The molecule has 1 N–H and O–H groups in total. The summed E-state index contributed by atoms with van der Waals surface area (Å²) >= 11 is 18.7. The number of nitriles is 1. The maximum Gasteiger partial charge on any atom is 0.251 e. The van der Waals surface area contributed by atoms with E-state index in [2.05, 4.69) is 16.3 Å². The predicted octanol–water partition coefficient (Wildman–Crippen LogP) is 6.66. The van der Waals surface area contributed by atoms with Crippen molar-refractivity contribution in [1.29, 1.82) is 5.26 Å². The molecule has 0 radical (unpaired) electrons. The minimum absolute atomic E-state index is 0.00423. The lowest BCUT2D eigenvalue weighted by molar-refractivity contribution is 0.0927. The van der Waals surface area contributed by atoms with Crippen molar-refractivity contribution in [3.05, 3.63) is 98.5 Å². The Balaban J connectivity index is 1.59. The quantitative estimate of drug-likeness (QED) is 0.450. The molecule has 1 aliphatic heterocycles. The summed E-state index contributed by atoms with van der Waals surface area (Å²) in [4.78, 5) is 15.1. The Morgan fingerprint density at radius 2 is 1.75 bits per heavy atom. The molecule has 0 spiro atoms. The average Bonchev–Trinajstić information content (AvgIpc) is 2.80. The van der Waals surface area contributed by atoms with Crippen LogP contribution in [0.1, 0.15) is 40.4 Å². The van der Waals surface area contributed by atoms with Gasteiger partial charge in [-0.2, -0.15) is 5.26 Å². The summed E-state index contributed by atoms with van der Waals surface area (Å²) in [5.74, 6) is -0.181. The van der Waals surface area contributed by atoms with Crippen LogP contribution in [0.25, 0.3) is 0 Å². The molecule has 1 aliphatic rings. The normalized spacial score (nSPS) is 18.1. The number of nitrogens with zero attached hydrogens (tertiary/aromatic N) is 2. The predicted molar refractivity (Wildman–Crippen MR) is 130 cm³/mol. The lowest BCUT2D eigenvalue weighted by Crippen LogP contribution is -2.46. The van der Waals surface area contributed by atoms with Crippen molar-refractivity contribution in [2.75, 3.05) is 11.4 Å². The van der Waals surface area contributed by atoms with Crippen molar-refractivity contribution in [3.63, 3.8) is 0 Å². The highest BCUT2D eigenvalue weighted by atomic mass is 35.5. The first-order valence-corrected chi connectivity index (χ1v) is 11.4. The van der Waals surface area contributed by atoms with Crippen LogP contribution in [0.3, 0.4) is 0 Å². The highest BCUT2D eigenvalue weighted by Gasteiger charge is 2.32. The molecule has 2 atom stereocenters. The smallest absolute Gasteiger partial charge is 0.251 e. The second-order valence-electron chi connectivity index (χ2n) is 7.74. The number of carbonyl (C=O) groups excluding carboxylic acids is 1. The number of piperidine rings is 1. The van der Waals surface area contributed by atoms with E-state index in [1.54, 1.807) is 30.3 Å². The molecule has 4 rings (SSSR count). The van der Waals surface area contributed by atoms with Crippen molar-refractivity contribution in [2.24, 2.45) is 0 Å². The van der Waals surface area contributed by atoms with Gasteiger partial charge in [0.05, 0.1) is 28.4 Å². The Morgan fingerprint density at radius 3 is 2.47 bits per heavy atom. The summed E-state index contributed by atoms with van der Waals surface area (Å²) in [6.07, 6.45) is 1.46. The lowest BCUT2D eigenvalue weighted by atomic mass is 9.91. The van der Waals surface area contributed by atoms with E-state index in [-0.39, 0.29) is 18.0 Å². The number of carbonyl (C=O) groups is 1. The van der Waals surface area contributed by atoms with E-state index in [0.29, 0.717) is 39.2 Å². The molecule has 3 aromatic carbocycles. The molecule has 32 heavy (non-hydrogen) atoms. The van der Waals surface area contributed by atoms with Crippen LogP contribution in [0.15, 0.2) is 66.7 Å². The van der Waals surface area contributed by atoms with Crippen LogP contribution in [0, 0.1) is 11.3 Å². The van der Waals surface area contributed by atoms with Crippen LogP contribution < -0.4 is 10.2 Å². The molecule has 7 heteroatoms. The van der Waals surface area contributed by atoms with Gasteiger partial charge in [-0.3, -0.25) is 4.79 Å². The molecule has 1 fully saturated rings. The van der Waals surface area contributed by atoms with Crippen molar-refractivity contribution >= 4 is 46.4 Å². The van der Waals surface area contributed by atoms with E-state index < -0.39 is 0 Å². The standard InChI is InChI=1S/C25H20Cl3N3O/c26-19-6-4-17(5-7-19)24-14-21(30-25(32)18-3-1-2-16(12-18)15-29)10-11-31(24)23-9-8-20(27)13-22(23)28/h1-9,12-13,21,24H,10-11,14H2,(H,30,32). The summed E-state index contributed by atoms with van der Waals surface area (Å²) in [6, 6.07) is 22.0. The van der Waals surface area contributed by atoms with Crippen molar-refractivity contribution in [2.45, 2.75) is 24.9 Å². The topological polar surface area (TPSA) is 56.1 Å². The Kier molecular flexibility index (Phi) is 6.91. The van der Waals surface area contributed by atoms with Gasteiger partial charge in [-0.05, 0) is 66.9 Å². The molecule has 162 valence electrons. The molecular weight excluding hydrogens is 465 g/mol. The molecule has 3 aromatic rings. The van der Waals surface area contributed by atoms with Gasteiger partial charge in [0.15, 0.2) is 0 Å². The van der Waals surface area contributed by atoms with E-state index in [9.17, 15) is 4.79 Å². The summed E-state index contributed by atoms with van der Waals surface area (Å²) in [6.45, 7) is 0.706. The van der Waals surface area contributed by atoms with Gasteiger partial charge in [0, 0.05) is 28.2 Å². The first-order chi connectivity index (χ1) is 15.4. The minimum Gasteiger partial charge on any atom is -0.363 e. The highest BCUT2D eigenvalue weighted by molar-refractivity contribution is 6.36. The van der Waals surface area contributed by atoms with Gasteiger partial charge in [-0.25, -0.2) is 0 Å². The van der Waals surface area contributed by atoms with E-state index in [0.717, 1.165) is 17.7 Å². The Bertz CT molecular complexity index is 1170. The molecule has 4 nitrogen and oxygen atoms in total. The van der Waals surface area contributed by atoms with Gasteiger partial charge in [0.25, 0.3) is 5.91 Å². The summed E-state index contributed by atoms with van der Waals surface area (Å²) in [5.41, 5.74) is 2.94. The van der Waals surface area contributed by atoms with Gasteiger partial charge >= 0.3 is 0 Å². The highest BCUT2D eigenvalue weighted by Crippen LogP contribution is 2.39. The van der Waals surface area contributed by atoms with Gasteiger partial charge in [0.1, 0.15) is 0 Å². The number of nitrogens with one attached hydrogen (secondary N) is 1. The van der Waals surface area contributed by atoms with Crippen molar-refractivity contribution in [3.8, 4) is 6.07 Å². The zero-order valence-electron chi connectivity index (χ0n) is 17.1. The Morgan fingerprint density at radius 1 is 1.00 bits per heavy atom. The third kappa shape index (κ3) is 5.02. The minimum atomic E-state index is -0.181. The number of halogens is 3. The molecule has 0 saturated carbocycles. The molecule has 1 amide bonds. The number of hydrogen-bond acceptors (Lipinski definition) is 3. The average molecular weight is 485 g/mol. The van der Waals surface area contributed by atoms with Crippen LogP contribution in [0.4, 0.5) is 5.69 Å². The van der Waals surface area contributed by atoms with Crippen molar-refractivity contribution < 1.29 is 4.79 Å². The number of hydrogen-bond donors (Lipinski definition) is 1. The summed E-state index contributed by atoms with van der Waals surface area (Å²) < 4.78 is 0. The van der Waals surface area contributed by atoms with Gasteiger partial charge in [0.2, 0.25) is 0 Å². The molecular formula is C25H20Cl3N3O. The Hall–Kier alpha value is -2.71. The fourth-order valence-corrected chi connectivity index (χ4v) is 4.74. The lowest BCUT2D eigenvalue weighted by Gasteiger charge is -2.42. The third-order valence-electron chi connectivity index (χ3n) is 5.67.